The molecule has 1 atom stereocenters. The molecule has 1 aromatic heterocycles. The van der Waals surface area contributed by atoms with Crippen LogP contribution in [0.15, 0.2) is 12.1 Å². The maximum Gasteiger partial charge on any atom is 0.251 e. The Morgan fingerprint density at radius 1 is 1.56 bits per heavy atom. The molecule has 1 fully saturated rings. The van der Waals surface area contributed by atoms with Crippen LogP contribution in [0, 0.1) is 12.8 Å². The molecule has 1 aliphatic heterocycles. The van der Waals surface area contributed by atoms with Gasteiger partial charge < -0.3 is 15.4 Å². The molecular weight excluding hydrogens is 230 g/mol. The van der Waals surface area contributed by atoms with Crippen LogP contribution in [0.4, 0.5) is 5.82 Å². The smallest absolute Gasteiger partial charge is 0.251 e. The minimum absolute atomic E-state index is 0.0519. The number of carbonyl (C=O) groups is 1. The molecule has 18 heavy (non-hydrogen) atoms. The van der Waals surface area contributed by atoms with Crippen molar-refractivity contribution in [1.82, 2.24) is 10.3 Å². The van der Waals surface area contributed by atoms with Crippen LogP contribution < -0.4 is 10.6 Å². The zero-order chi connectivity index (χ0) is 13.0. The normalized spacial score (nSPS) is 18.7. The van der Waals surface area contributed by atoms with Crippen LogP contribution in [-0.4, -0.2) is 37.7 Å². The number of rotatable bonds is 4. The number of nitrogens with zero attached hydrogens (tertiary/aromatic N) is 1. The molecule has 0 aromatic carbocycles. The van der Waals surface area contributed by atoms with E-state index in [0.29, 0.717) is 23.8 Å². The van der Waals surface area contributed by atoms with E-state index in [2.05, 4.69) is 15.6 Å². The SMILES string of the molecule is CNc1cc(C(=O)NCC2CCOC2)cc(C)n1. The van der Waals surface area contributed by atoms with E-state index in [1.165, 1.54) is 0 Å². The van der Waals surface area contributed by atoms with Crippen molar-refractivity contribution in [2.75, 3.05) is 32.1 Å². The van der Waals surface area contributed by atoms with Gasteiger partial charge in [-0.05, 0) is 25.5 Å². The van der Waals surface area contributed by atoms with E-state index in [1.54, 1.807) is 19.2 Å². The van der Waals surface area contributed by atoms with Gasteiger partial charge in [0.25, 0.3) is 5.91 Å². The van der Waals surface area contributed by atoms with Gasteiger partial charge >= 0.3 is 0 Å². The first-order valence-corrected chi connectivity index (χ1v) is 6.21. The summed E-state index contributed by atoms with van der Waals surface area (Å²) >= 11 is 0. The lowest BCUT2D eigenvalue weighted by Gasteiger charge is -2.10. The van der Waals surface area contributed by atoms with E-state index < -0.39 is 0 Å². The Bertz CT molecular complexity index is 428. The average molecular weight is 249 g/mol. The Labute approximate surface area is 107 Å². The number of anilines is 1. The van der Waals surface area contributed by atoms with Gasteiger partial charge in [-0.25, -0.2) is 4.98 Å². The molecule has 5 nitrogen and oxygen atoms in total. The van der Waals surface area contributed by atoms with E-state index >= 15 is 0 Å². The minimum atomic E-state index is -0.0519. The zero-order valence-electron chi connectivity index (χ0n) is 10.8. The first-order chi connectivity index (χ1) is 8.69. The van der Waals surface area contributed by atoms with Gasteiger partial charge in [0.15, 0.2) is 0 Å². The van der Waals surface area contributed by atoms with Crippen LogP contribution in [0.5, 0.6) is 0 Å². The number of ether oxygens (including phenoxy) is 1. The van der Waals surface area contributed by atoms with Crippen molar-refractivity contribution in [2.24, 2.45) is 5.92 Å². The van der Waals surface area contributed by atoms with Gasteiger partial charge in [-0.3, -0.25) is 4.79 Å². The van der Waals surface area contributed by atoms with E-state index in [-0.39, 0.29) is 5.91 Å². The largest absolute Gasteiger partial charge is 0.381 e. The molecule has 1 unspecified atom stereocenters. The number of nitrogens with one attached hydrogen (secondary N) is 2. The number of aromatic nitrogens is 1. The fraction of sp³-hybridized carbons (Fsp3) is 0.538. The van der Waals surface area contributed by atoms with Crippen molar-refractivity contribution < 1.29 is 9.53 Å². The quantitative estimate of drug-likeness (QED) is 0.841. The Morgan fingerprint density at radius 3 is 3.06 bits per heavy atom. The second kappa shape index (κ2) is 5.82. The molecule has 2 rings (SSSR count). The number of hydrogen-bond acceptors (Lipinski definition) is 4. The predicted octanol–water partition coefficient (Wildman–Crippen LogP) is 1.20. The van der Waals surface area contributed by atoms with Crippen molar-refractivity contribution in [3.8, 4) is 0 Å². The lowest BCUT2D eigenvalue weighted by Crippen LogP contribution is -2.29. The number of hydrogen-bond donors (Lipinski definition) is 2. The molecule has 0 aliphatic carbocycles. The predicted molar refractivity (Wildman–Crippen MR) is 69.8 cm³/mol. The molecule has 2 N–H and O–H groups in total. The van der Waals surface area contributed by atoms with Gasteiger partial charge in [0.05, 0.1) is 6.61 Å². The van der Waals surface area contributed by atoms with E-state index in [4.69, 9.17) is 4.74 Å². The summed E-state index contributed by atoms with van der Waals surface area (Å²) in [5, 5.41) is 5.89. The first kappa shape index (κ1) is 12.8. The molecule has 0 radical (unpaired) electrons. The maximum atomic E-state index is 12.0. The molecule has 0 saturated carbocycles. The third-order valence-electron chi connectivity index (χ3n) is 3.05. The van der Waals surface area contributed by atoms with Gasteiger partial charge in [0.2, 0.25) is 0 Å². The van der Waals surface area contributed by atoms with Gasteiger partial charge in [-0.2, -0.15) is 0 Å². The molecule has 98 valence electrons. The van der Waals surface area contributed by atoms with Crippen LogP contribution in [0.25, 0.3) is 0 Å². The number of carbonyl (C=O) groups excluding carboxylic acids is 1. The van der Waals surface area contributed by atoms with Gasteiger partial charge in [0.1, 0.15) is 5.82 Å². The highest BCUT2D eigenvalue weighted by atomic mass is 16.5. The molecule has 1 amide bonds. The summed E-state index contributed by atoms with van der Waals surface area (Å²) in [7, 11) is 1.79. The fourth-order valence-corrected chi connectivity index (χ4v) is 2.01. The monoisotopic (exact) mass is 249 g/mol. The lowest BCUT2D eigenvalue weighted by molar-refractivity contribution is 0.0945. The van der Waals surface area contributed by atoms with Crippen molar-refractivity contribution in [3.05, 3.63) is 23.4 Å². The van der Waals surface area contributed by atoms with E-state index in [1.807, 2.05) is 6.92 Å². The average Bonchev–Trinajstić information content (AvgIpc) is 2.88. The van der Waals surface area contributed by atoms with Gasteiger partial charge in [-0.15, -0.1) is 0 Å². The number of aryl methyl sites for hydroxylation is 1. The van der Waals surface area contributed by atoms with Gasteiger partial charge in [0, 0.05) is 37.4 Å². The van der Waals surface area contributed by atoms with Crippen molar-refractivity contribution in [3.63, 3.8) is 0 Å². The number of pyridine rings is 1. The maximum absolute atomic E-state index is 12.0. The second-order valence-corrected chi connectivity index (χ2v) is 4.57. The highest BCUT2D eigenvalue weighted by Crippen LogP contribution is 2.12. The highest BCUT2D eigenvalue weighted by Gasteiger charge is 2.17. The second-order valence-electron chi connectivity index (χ2n) is 4.57. The Kier molecular flexibility index (Phi) is 4.15. The minimum Gasteiger partial charge on any atom is -0.381 e. The fourth-order valence-electron chi connectivity index (χ4n) is 2.01. The van der Waals surface area contributed by atoms with Crippen molar-refractivity contribution in [2.45, 2.75) is 13.3 Å². The molecule has 1 saturated heterocycles. The third kappa shape index (κ3) is 3.20. The van der Waals surface area contributed by atoms with Crippen molar-refractivity contribution >= 4 is 11.7 Å². The lowest BCUT2D eigenvalue weighted by atomic mass is 10.1. The van der Waals surface area contributed by atoms with Crippen LogP contribution in [-0.2, 0) is 4.74 Å². The number of amides is 1. The molecule has 1 aliphatic rings. The van der Waals surface area contributed by atoms with E-state index in [9.17, 15) is 4.79 Å². The standard InChI is InChI=1S/C13H19N3O2/c1-9-5-11(6-12(14-2)16-9)13(17)15-7-10-3-4-18-8-10/h5-6,10H,3-4,7-8H2,1-2H3,(H,14,16)(H,15,17). The summed E-state index contributed by atoms with van der Waals surface area (Å²) in [6.45, 7) is 4.10. The summed E-state index contributed by atoms with van der Waals surface area (Å²) in [4.78, 5) is 16.3. The molecule has 5 heteroatoms. The first-order valence-electron chi connectivity index (χ1n) is 6.21. The summed E-state index contributed by atoms with van der Waals surface area (Å²) in [5.74, 6) is 1.11. The van der Waals surface area contributed by atoms with Crippen molar-refractivity contribution in [1.29, 1.82) is 0 Å². The van der Waals surface area contributed by atoms with Crippen LogP contribution in [0.2, 0.25) is 0 Å². The Balaban J connectivity index is 1.97. The Hall–Kier alpha value is -1.62. The molecule has 0 spiro atoms. The molecular formula is C13H19N3O2. The Morgan fingerprint density at radius 2 is 2.39 bits per heavy atom. The summed E-state index contributed by atoms with van der Waals surface area (Å²) in [6.07, 6.45) is 1.03. The van der Waals surface area contributed by atoms with Gasteiger partial charge in [-0.1, -0.05) is 0 Å². The molecule has 1 aromatic rings. The van der Waals surface area contributed by atoms with Crippen LogP contribution >= 0.6 is 0 Å². The molecule has 0 bridgehead atoms. The molecule has 2 heterocycles. The third-order valence-corrected chi connectivity index (χ3v) is 3.05. The van der Waals surface area contributed by atoms with E-state index in [0.717, 1.165) is 25.3 Å². The summed E-state index contributed by atoms with van der Waals surface area (Å²) < 4.78 is 5.28. The summed E-state index contributed by atoms with van der Waals surface area (Å²) in [5.41, 5.74) is 1.47. The summed E-state index contributed by atoms with van der Waals surface area (Å²) in [6, 6.07) is 3.55. The zero-order valence-corrected chi connectivity index (χ0v) is 10.8. The highest BCUT2D eigenvalue weighted by molar-refractivity contribution is 5.95. The van der Waals surface area contributed by atoms with Crippen LogP contribution in [0.1, 0.15) is 22.5 Å². The van der Waals surface area contributed by atoms with Crippen LogP contribution in [0.3, 0.4) is 0 Å². The topological polar surface area (TPSA) is 63.2 Å².